The highest BCUT2D eigenvalue weighted by atomic mass is 16.6. The average Bonchev–Trinajstić information content (AvgIpc) is 3.72. The van der Waals surface area contributed by atoms with E-state index in [0.29, 0.717) is 22.5 Å². The van der Waals surface area contributed by atoms with Crippen molar-refractivity contribution in [3.8, 4) is 16.9 Å². The normalized spacial score (nSPS) is 22.2. The van der Waals surface area contributed by atoms with E-state index in [9.17, 15) is 29.3 Å². The van der Waals surface area contributed by atoms with Crippen LogP contribution >= 0.6 is 0 Å². The first-order valence-electron chi connectivity index (χ1n) is 19.0. The molecular weight excluding hydrogens is 692 g/mol. The van der Waals surface area contributed by atoms with E-state index in [1.165, 1.54) is 7.11 Å². The molecule has 1 aromatic heterocycles. The predicted molar refractivity (Wildman–Crippen MR) is 199 cm³/mol. The Morgan fingerprint density at radius 2 is 1.59 bits per heavy atom. The van der Waals surface area contributed by atoms with Gasteiger partial charge in [0.1, 0.15) is 6.04 Å². The SMILES string of the molecule is COc1cc(N2CCC(CN3CCC4(CC3)CCN(c3ccc5c(c3)C(=O)N(C3CCC(=O)NC3=O)C5=O)CC4)CC2)c(-c2cnn(C)c2)cc1[N+](=O)[O-]. The number of aryl methyl sites for hydroxylation is 1. The molecule has 54 heavy (non-hydrogen) atoms. The molecule has 1 N–H and O–H groups in total. The number of benzene rings is 2. The predicted octanol–water partition coefficient (Wildman–Crippen LogP) is 4.00. The molecule has 3 aromatic rings. The second-order valence-electron chi connectivity index (χ2n) is 15.6. The van der Waals surface area contributed by atoms with Crippen molar-refractivity contribution in [2.45, 2.75) is 57.4 Å². The fourth-order valence-corrected chi connectivity index (χ4v) is 9.24. The molecule has 4 fully saturated rings. The van der Waals surface area contributed by atoms with Crippen molar-refractivity contribution in [1.29, 1.82) is 0 Å². The topological polar surface area (TPSA) is 163 Å². The van der Waals surface area contributed by atoms with E-state index in [2.05, 4.69) is 25.1 Å². The summed E-state index contributed by atoms with van der Waals surface area (Å²) < 4.78 is 7.15. The zero-order valence-corrected chi connectivity index (χ0v) is 30.8. The van der Waals surface area contributed by atoms with E-state index >= 15 is 0 Å². The second kappa shape index (κ2) is 14.2. The number of imide groups is 2. The first-order valence-corrected chi connectivity index (χ1v) is 19.0. The number of piperidine rings is 4. The lowest BCUT2D eigenvalue weighted by Crippen LogP contribution is -2.54. The van der Waals surface area contributed by atoms with Gasteiger partial charge in [-0.25, -0.2) is 0 Å². The number of fused-ring (bicyclic) bond motifs is 1. The number of amides is 4. The number of anilines is 2. The molecule has 15 nitrogen and oxygen atoms in total. The number of hydrogen-bond donors (Lipinski definition) is 1. The fraction of sp³-hybridized carbons (Fsp3) is 0.513. The van der Waals surface area contributed by atoms with Crippen LogP contribution in [-0.4, -0.2) is 107 Å². The van der Waals surface area contributed by atoms with E-state index in [0.717, 1.165) is 112 Å². The lowest BCUT2D eigenvalue weighted by molar-refractivity contribution is -0.385. The van der Waals surface area contributed by atoms with Gasteiger partial charge in [-0.05, 0) is 87.6 Å². The summed E-state index contributed by atoms with van der Waals surface area (Å²) in [5.41, 5.74) is 4.36. The van der Waals surface area contributed by atoms with Crippen LogP contribution in [0.3, 0.4) is 0 Å². The minimum atomic E-state index is -0.967. The molecule has 1 atom stereocenters. The molecular formula is C39H46N8O7. The number of aromatic nitrogens is 2. The molecule has 15 heteroatoms. The van der Waals surface area contributed by atoms with Gasteiger partial charge >= 0.3 is 5.69 Å². The zero-order valence-electron chi connectivity index (χ0n) is 30.8. The number of nitrogens with zero attached hydrogens (tertiary/aromatic N) is 7. The Hall–Kier alpha value is -5.31. The van der Waals surface area contributed by atoms with Crippen LogP contribution in [0.25, 0.3) is 11.1 Å². The van der Waals surface area contributed by atoms with E-state index in [-0.39, 0.29) is 30.2 Å². The fourth-order valence-electron chi connectivity index (χ4n) is 9.24. The van der Waals surface area contributed by atoms with Gasteiger partial charge in [0.25, 0.3) is 11.8 Å². The third-order valence-electron chi connectivity index (χ3n) is 12.5. The number of carbonyl (C=O) groups excluding carboxylic acids is 4. The number of nitro groups is 1. The maximum absolute atomic E-state index is 13.4. The summed E-state index contributed by atoms with van der Waals surface area (Å²) in [5.74, 6) is -1.10. The Balaban J connectivity index is 0.840. The number of nitro benzene ring substituents is 1. The van der Waals surface area contributed by atoms with Crippen LogP contribution in [0.15, 0.2) is 42.7 Å². The van der Waals surface area contributed by atoms with Gasteiger partial charge in [0.15, 0.2) is 5.75 Å². The van der Waals surface area contributed by atoms with Crippen molar-refractivity contribution in [3.05, 3.63) is 64.0 Å². The number of carbonyl (C=O) groups is 4. The number of likely N-dealkylation sites (tertiary alicyclic amines) is 1. The van der Waals surface area contributed by atoms with Crippen LogP contribution < -0.4 is 19.9 Å². The van der Waals surface area contributed by atoms with Crippen LogP contribution in [0.2, 0.25) is 0 Å². The smallest absolute Gasteiger partial charge is 0.311 e. The van der Waals surface area contributed by atoms with Crippen molar-refractivity contribution in [1.82, 2.24) is 24.9 Å². The average molecular weight is 739 g/mol. The molecule has 6 heterocycles. The number of nitrogens with one attached hydrogen (secondary N) is 1. The van der Waals surface area contributed by atoms with Gasteiger partial charge in [-0.15, -0.1) is 0 Å². The minimum absolute atomic E-state index is 0.0546. The molecule has 0 aliphatic carbocycles. The van der Waals surface area contributed by atoms with Gasteiger partial charge in [-0.1, -0.05) is 0 Å². The van der Waals surface area contributed by atoms with Crippen LogP contribution in [0.5, 0.6) is 5.75 Å². The lowest BCUT2D eigenvalue weighted by Gasteiger charge is -2.48. The Morgan fingerprint density at radius 1 is 0.889 bits per heavy atom. The Labute approximate surface area is 313 Å². The van der Waals surface area contributed by atoms with E-state index in [4.69, 9.17) is 4.74 Å². The quantitative estimate of drug-likeness (QED) is 0.202. The lowest BCUT2D eigenvalue weighted by atomic mass is 9.71. The molecule has 284 valence electrons. The van der Waals surface area contributed by atoms with Gasteiger partial charge in [0, 0.05) is 87.0 Å². The third-order valence-corrected chi connectivity index (χ3v) is 12.5. The second-order valence-corrected chi connectivity index (χ2v) is 15.6. The summed E-state index contributed by atoms with van der Waals surface area (Å²) in [6.45, 7) is 6.73. The molecule has 1 spiro atoms. The van der Waals surface area contributed by atoms with Crippen molar-refractivity contribution in [2.75, 3.05) is 62.7 Å². The van der Waals surface area contributed by atoms with Crippen molar-refractivity contribution in [3.63, 3.8) is 0 Å². The van der Waals surface area contributed by atoms with Gasteiger partial charge in [-0.3, -0.25) is 44.2 Å². The number of ether oxygens (including phenoxy) is 1. The monoisotopic (exact) mass is 738 g/mol. The van der Waals surface area contributed by atoms with Crippen LogP contribution in [0, 0.1) is 21.4 Å². The Kier molecular flexibility index (Phi) is 9.36. The molecule has 8 rings (SSSR count). The molecule has 4 amide bonds. The molecule has 4 saturated heterocycles. The first-order chi connectivity index (χ1) is 26.0. The maximum Gasteiger partial charge on any atom is 0.311 e. The summed E-state index contributed by atoms with van der Waals surface area (Å²) in [6.07, 6.45) is 10.4. The van der Waals surface area contributed by atoms with Gasteiger partial charge < -0.3 is 19.4 Å². The molecule has 2 aromatic carbocycles. The summed E-state index contributed by atoms with van der Waals surface area (Å²) in [7, 11) is 3.31. The number of methoxy groups -OCH3 is 1. The summed E-state index contributed by atoms with van der Waals surface area (Å²) in [6, 6.07) is 7.85. The van der Waals surface area contributed by atoms with Gasteiger partial charge in [0.05, 0.1) is 29.4 Å². The highest BCUT2D eigenvalue weighted by molar-refractivity contribution is 6.23. The molecule has 5 aliphatic rings. The van der Waals surface area contributed by atoms with Crippen LogP contribution in [-0.2, 0) is 16.6 Å². The highest BCUT2D eigenvalue weighted by Crippen LogP contribution is 2.44. The van der Waals surface area contributed by atoms with Crippen LogP contribution in [0.4, 0.5) is 17.1 Å². The van der Waals surface area contributed by atoms with Crippen molar-refractivity contribution in [2.24, 2.45) is 18.4 Å². The van der Waals surface area contributed by atoms with Crippen LogP contribution in [0.1, 0.15) is 72.1 Å². The largest absolute Gasteiger partial charge is 0.490 e. The zero-order chi connectivity index (χ0) is 37.7. The molecule has 1 unspecified atom stereocenters. The Bertz CT molecular complexity index is 2000. The minimum Gasteiger partial charge on any atom is -0.490 e. The molecule has 5 aliphatic heterocycles. The van der Waals surface area contributed by atoms with Gasteiger partial charge in [0.2, 0.25) is 11.8 Å². The molecule has 0 bridgehead atoms. The number of rotatable bonds is 8. The van der Waals surface area contributed by atoms with Gasteiger partial charge in [-0.2, -0.15) is 5.10 Å². The van der Waals surface area contributed by atoms with Crippen molar-refractivity contribution >= 4 is 40.7 Å². The summed E-state index contributed by atoms with van der Waals surface area (Å²) in [4.78, 5) is 70.3. The standard InChI is InChI=1S/C39H46N8O7/c1-42-24-26(22-40-42)29-20-33(47(52)53)34(54-2)21-32(29)45-13-7-25(8-14-45)23-43-15-9-39(10-16-43)11-17-44(18-12-39)27-3-4-28-30(19-27)38(51)46(37(28)50)31-5-6-35(48)41-36(31)49/h3-4,19-22,24-25,31H,5-18,23H2,1-2H3,(H,41,48,49). The Morgan fingerprint density at radius 3 is 2.24 bits per heavy atom. The summed E-state index contributed by atoms with van der Waals surface area (Å²) in [5, 5.41) is 18.4. The van der Waals surface area contributed by atoms with E-state index in [1.54, 1.807) is 35.1 Å². The maximum atomic E-state index is 13.4. The third kappa shape index (κ3) is 6.58. The molecule has 0 radical (unpaired) electrons. The highest BCUT2D eigenvalue weighted by Gasteiger charge is 2.45. The van der Waals surface area contributed by atoms with Crippen molar-refractivity contribution < 1.29 is 28.8 Å². The van der Waals surface area contributed by atoms with E-state index < -0.39 is 28.7 Å². The summed E-state index contributed by atoms with van der Waals surface area (Å²) >= 11 is 0. The number of hydrogen-bond acceptors (Lipinski definition) is 11. The molecule has 0 saturated carbocycles. The first kappa shape index (κ1) is 35.7. The van der Waals surface area contributed by atoms with E-state index in [1.807, 2.05) is 19.3 Å².